The zero-order chi connectivity index (χ0) is 15.5. The van der Waals surface area contributed by atoms with Crippen LogP contribution in [0.15, 0.2) is 24.3 Å². The molecule has 1 fully saturated rings. The predicted molar refractivity (Wildman–Crippen MR) is 81.9 cm³/mol. The lowest BCUT2D eigenvalue weighted by molar-refractivity contribution is -0.682. The van der Waals surface area contributed by atoms with Crippen molar-refractivity contribution in [3.05, 3.63) is 34.9 Å². The topological polar surface area (TPSA) is 79.8 Å². The van der Waals surface area contributed by atoms with Crippen molar-refractivity contribution in [2.24, 2.45) is 0 Å². The van der Waals surface area contributed by atoms with E-state index in [2.05, 4.69) is 5.32 Å². The summed E-state index contributed by atoms with van der Waals surface area (Å²) in [5.41, 5.74) is 1.09. The SMILES string of the molecule is C[C@H]([NH2+]CC(=O)N[C@@H]1CCS(=O)(=O)C1)c1ccc(Cl)cc1. The van der Waals surface area contributed by atoms with Crippen LogP contribution in [0.4, 0.5) is 0 Å². The van der Waals surface area contributed by atoms with Crippen molar-refractivity contribution in [1.82, 2.24) is 5.32 Å². The molecule has 0 radical (unpaired) electrons. The zero-order valence-corrected chi connectivity index (χ0v) is 13.5. The van der Waals surface area contributed by atoms with Gasteiger partial charge in [-0.3, -0.25) is 4.79 Å². The Kier molecular flexibility index (Phi) is 5.24. The standard InChI is InChI=1S/C14H19ClN2O3S/c1-10(11-2-4-12(15)5-3-11)16-8-14(18)17-13-6-7-21(19,20)9-13/h2-5,10,13,16H,6-9H2,1H3,(H,17,18)/p+1/t10-,13+/m0/s1. The fraction of sp³-hybridized carbons (Fsp3) is 0.500. The lowest BCUT2D eigenvalue weighted by Crippen LogP contribution is -2.87. The first-order chi connectivity index (χ1) is 9.85. The summed E-state index contributed by atoms with van der Waals surface area (Å²) >= 11 is 5.84. The molecule has 0 bridgehead atoms. The number of sulfone groups is 1. The second-order valence-electron chi connectivity index (χ2n) is 5.45. The molecule has 0 aliphatic carbocycles. The third-order valence-electron chi connectivity index (χ3n) is 3.65. The highest BCUT2D eigenvalue weighted by Gasteiger charge is 2.29. The van der Waals surface area contributed by atoms with Crippen molar-refractivity contribution >= 4 is 27.3 Å². The van der Waals surface area contributed by atoms with Crippen molar-refractivity contribution in [2.75, 3.05) is 18.1 Å². The van der Waals surface area contributed by atoms with Gasteiger partial charge in [0, 0.05) is 16.6 Å². The average molecular weight is 332 g/mol. The number of nitrogens with one attached hydrogen (secondary N) is 1. The van der Waals surface area contributed by atoms with Gasteiger partial charge in [-0.2, -0.15) is 0 Å². The number of rotatable bonds is 5. The molecular weight excluding hydrogens is 312 g/mol. The second-order valence-corrected chi connectivity index (χ2v) is 8.11. The van der Waals surface area contributed by atoms with Gasteiger partial charge in [-0.1, -0.05) is 23.7 Å². The summed E-state index contributed by atoms with van der Waals surface area (Å²) in [5, 5.41) is 5.38. The molecule has 7 heteroatoms. The number of quaternary nitrogens is 1. The molecule has 1 aliphatic rings. The molecule has 2 atom stereocenters. The zero-order valence-electron chi connectivity index (χ0n) is 11.9. The number of benzene rings is 1. The van der Waals surface area contributed by atoms with Gasteiger partial charge in [0.25, 0.3) is 5.91 Å². The van der Waals surface area contributed by atoms with Gasteiger partial charge in [-0.15, -0.1) is 0 Å². The molecule has 1 amide bonds. The van der Waals surface area contributed by atoms with E-state index in [-0.39, 0.29) is 36.0 Å². The number of nitrogens with two attached hydrogens (primary N) is 1. The molecule has 1 aromatic rings. The molecule has 3 N–H and O–H groups in total. The third-order valence-corrected chi connectivity index (χ3v) is 5.67. The van der Waals surface area contributed by atoms with E-state index in [4.69, 9.17) is 11.6 Å². The summed E-state index contributed by atoms with van der Waals surface area (Å²) in [4.78, 5) is 11.8. The van der Waals surface area contributed by atoms with Gasteiger partial charge in [-0.05, 0) is 25.5 Å². The number of carbonyl (C=O) groups excluding carboxylic acids is 1. The molecule has 1 aromatic carbocycles. The van der Waals surface area contributed by atoms with Gasteiger partial charge in [-0.25, -0.2) is 8.42 Å². The monoisotopic (exact) mass is 331 g/mol. The van der Waals surface area contributed by atoms with Crippen LogP contribution in [-0.2, 0) is 14.6 Å². The van der Waals surface area contributed by atoms with E-state index in [1.54, 1.807) is 0 Å². The van der Waals surface area contributed by atoms with Crippen molar-refractivity contribution in [3.8, 4) is 0 Å². The highest BCUT2D eigenvalue weighted by Crippen LogP contribution is 2.13. The predicted octanol–water partition coefficient (Wildman–Crippen LogP) is 0.268. The fourth-order valence-corrected chi connectivity index (χ4v) is 4.18. The molecule has 1 heterocycles. The van der Waals surface area contributed by atoms with Gasteiger partial charge in [0.05, 0.1) is 11.5 Å². The summed E-state index contributed by atoms with van der Waals surface area (Å²) in [6.45, 7) is 2.29. The normalized spacial score (nSPS) is 21.9. The minimum absolute atomic E-state index is 0.0610. The molecule has 0 spiro atoms. The Labute approximate surface area is 130 Å². The first-order valence-corrected chi connectivity index (χ1v) is 9.14. The van der Waals surface area contributed by atoms with E-state index >= 15 is 0 Å². The summed E-state index contributed by atoms with van der Waals surface area (Å²) in [5.74, 6) is 0.104. The van der Waals surface area contributed by atoms with E-state index in [0.717, 1.165) is 5.56 Å². The maximum Gasteiger partial charge on any atom is 0.275 e. The quantitative estimate of drug-likeness (QED) is 0.812. The summed E-state index contributed by atoms with van der Waals surface area (Å²) in [7, 11) is -2.96. The van der Waals surface area contributed by atoms with Crippen LogP contribution in [-0.4, -0.2) is 38.4 Å². The van der Waals surface area contributed by atoms with Crippen LogP contribution >= 0.6 is 11.6 Å². The summed E-state index contributed by atoms with van der Waals surface area (Å²) < 4.78 is 22.7. The van der Waals surface area contributed by atoms with Crippen LogP contribution in [0.25, 0.3) is 0 Å². The Morgan fingerprint density at radius 2 is 2.10 bits per heavy atom. The van der Waals surface area contributed by atoms with E-state index in [0.29, 0.717) is 11.4 Å². The number of halogens is 1. The van der Waals surface area contributed by atoms with Crippen LogP contribution in [0.3, 0.4) is 0 Å². The Hall–Kier alpha value is -1.11. The molecule has 1 aliphatic heterocycles. The molecule has 116 valence electrons. The molecular formula is C14H20ClN2O3S+. The lowest BCUT2D eigenvalue weighted by Gasteiger charge is -2.13. The van der Waals surface area contributed by atoms with Crippen LogP contribution in [0.2, 0.25) is 5.02 Å². The van der Waals surface area contributed by atoms with Crippen molar-refractivity contribution in [3.63, 3.8) is 0 Å². The highest BCUT2D eigenvalue weighted by molar-refractivity contribution is 7.91. The lowest BCUT2D eigenvalue weighted by atomic mass is 10.1. The first kappa shape index (κ1) is 16.3. The number of carbonyl (C=O) groups is 1. The Morgan fingerprint density at radius 1 is 1.43 bits per heavy atom. The number of hydrogen-bond acceptors (Lipinski definition) is 3. The van der Waals surface area contributed by atoms with Crippen molar-refractivity contribution in [1.29, 1.82) is 0 Å². The van der Waals surface area contributed by atoms with E-state index in [1.807, 2.05) is 36.5 Å². The van der Waals surface area contributed by atoms with Crippen LogP contribution in [0, 0.1) is 0 Å². The van der Waals surface area contributed by atoms with Gasteiger partial charge in [0.2, 0.25) is 0 Å². The third kappa shape index (κ3) is 4.98. The second kappa shape index (κ2) is 6.77. The molecule has 0 saturated carbocycles. The summed E-state index contributed by atoms with van der Waals surface area (Å²) in [6, 6.07) is 7.42. The maximum absolute atomic E-state index is 11.8. The highest BCUT2D eigenvalue weighted by atomic mass is 35.5. The van der Waals surface area contributed by atoms with Crippen molar-refractivity contribution < 1.29 is 18.5 Å². The molecule has 2 rings (SSSR count). The average Bonchev–Trinajstić information content (AvgIpc) is 2.76. The summed E-state index contributed by atoms with van der Waals surface area (Å²) in [6.07, 6.45) is 0.515. The van der Waals surface area contributed by atoms with Crippen molar-refractivity contribution in [2.45, 2.75) is 25.4 Å². The molecule has 21 heavy (non-hydrogen) atoms. The molecule has 0 aromatic heterocycles. The Morgan fingerprint density at radius 3 is 2.67 bits per heavy atom. The van der Waals surface area contributed by atoms with Crippen LogP contribution in [0.5, 0.6) is 0 Å². The van der Waals surface area contributed by atoms with Gasteiger partial charge >= 0.3 is 0 Å². The number of amides is 1. The van der Waals surface area contributed by atoms with E-state index in [1.165, 1.54) is 0 Å². The fourth-order valence-electron chi connectivity index (χ4n) is 2.38. The van der Waals surface area contributed by atoms with Crippen LogP contribution < -0.4 is 10.6 Å². The minimum Gasteiger partial charge on any atom is -0.347 e. The first-order valence-electron chi connectivity index (χ1n) is 6.94. The van der Waals surface area contributed by atoms with E-state index < -0.39 is 9.84 Å². The molecule has 1 saturated heterocycles. The number of hydrogen-bond donors (Lipinski definition) is 2. The van der Waals surface area contributed by atoms with E-state index in [9.17, 15) is 13.2 Å². The van der Waals surface area contributed by atoms with Crippen LogP contribution in [0.1, 0.15) is 24.9 Å². The largest absolute Gasteiger partial charge is 0.347 e. The van der Waals surface area contributed by atoms with Gasteiger partial charge in [0.1, 0.15) is 6.04 Å². The molecule has 5 nitrogen and oxygen atoms in total. The van der Waals surface area contributed by atoms with Gasteiger partial charge < -0.3 is 10.6 Å². The Bertz CT molecular complexity index is 601. The molecule has 0 unspecified atom stereocenters. The smallest absolute Gasteiger partial charge is 0.275 e. The maximum atomic E-state index is 11.8. The minimum atomic E-state index is -2.96. The Balaban J connectivity index is 1.77. The van der Waals surface area contributed by atoms with Gasteiger partial charge in [0.15, 0.2) is 16.4 Å².